The molecule has 7 nitrogen and oxygen atoms in total. The van der Waals surface area contributed by atoms with Gasteiger partial charge in [0, 0.05) is 18.5 Å². The summed E-state index contributed by atoms with van der Waals surface area (Å²) in [4.78, 5) is 38.3. The van der Waals surface area contributed by atoms with Gasteiger partial charge in [0.2, 0.25) is 5.91 Å². The van der Waals surface area contributed by atoms with Crippen molar-refractivity contribution in [3.05, 3.63) is 59.7 Å². The number of ether oxygens (including phenoxy) is 1. The fourth-order valence-electron chi connectivity index (χ4n) is 4.91. The van der Waals surface area contributed by atoms with Crippen LogP contribution >= 0.6 is 0 Å². The van der Waals surface area contributed by atoms with Crippen LogP contribution in [0.2, 0.25) is 0 Å². The van der Waals surface area contributed by atoms with Crippen molar-refractivity contribution in [3.8, 4) is 11.1 Å². The zero-order valence-electron chi connectivity index (χ0n) is 18.3. The first kappa shape index (κ1) is 21.9. The van der Waals surface area contributed by atoms with Crippen LogP contribution in [0.3, 0.4) is 0 Å². The molecule has 2 N–H and O–H groups in total. The Hall–Kier alpha value is -3.35. The number of piperidine rings is 1. The molecule has 32 heavy (non-hydrogen) atoms. The van der Waals surface area contributed by atoms with Crippen LogP contribution in [0.5, 0.6) is 0 Å². The summed E-state index contributed by atoms with van der Waals surface area (Å²) in [5, 5.41) is 12.0. The predicted molar refractivity (Wildman–Crippen MR) is 119 cm³/mol. The Labute approximate surface area is 187 Å². The highest BCUT2D eigenvalue weighted by Crippen LogP contribution is 2.44. The predicted octanol–water partition coefficient (Wildman–Crippen LogP) is 3.63. The van der Waals surface area contributed by atoms with Gasteiger partial charge in [0.25, 0.3) is 0 Å². The number of benzene rings is 2. The van der Waals surface area contributed by atoms with Gasteiger partial charge in [0.05, 0.1) is 5.92 Å². The van der Waals surface area contributed by atoms with Crippen LogP contribution in [-0.2, 0) is 14.3 Å². The maximum Gasteiger partial charge on any atom is 0.407 e. The number of rotatable bonds is 5. The third kappa shape index (κ3) is 4.07. The first-order chi connectivity index (χ1) is 15.4. The Morgan fingerprint density at radius 2 is 1.69 bits per heavy atom. The van der Waals surface area contributed by atoms with Crippen molar-refractivity contribution in [1.29, 1.82) is 0 Å². The van der Waals surface area contributed by atoms with Crippen LogP contribution in [0.15, 0.2) is 48.5 Å². The molecule has 0 saturated carbocycles. The van der Waals surface area contributed by atoms with Gasteiger partial charge in [-0.2, -0.15) is 0 Å². The van der Waals surface area contributed by atoms with Crippen molar-refractivity contribution < 1.29 is 24.2 Å². The number of fused-ring (bicyclic) bond motifs is 3. The number of hydrogen-bond acceptors (Lipinski definition) is 4. The summed E-state index contributed by atoms with van der Waals surface area (Å²) < 4.78 is 5.52. The lowest BCUT2D eigenvalue weighted by Gasteiger charge is -2.38. The molecule has 2 amide bonds. The van der Waals surface area contributed by atoms with Gasteiger partial charge in [0.1, 0.15) is 12.6 Å². The van der Waals surface area contributed by atoms with Gasteiger partial charge < -0.3 is 20.1 Å². The van der Waals surface area contributed by atoms with Crippen molar-refractivity contribution in [1.82, 2.24) is 10.2 Å². The number of aliphatic carboxylic acids is 1. The van der Waals surface area contributed by atoms with E-state index in [1.165, 1.54) is 0 Å². The molecular formula is C25H28N2O5. The molecule has 3 atom stereocenters. The van der Waals surface area contributed by atoms with E-state index in [1.54, 1.807) is 18.7 Å². The van der Waals surface area contributed by atoms with Crippen LogP contribution in [0.4, 0.5) is 4.79 Å². The number of likely N-dealkylation sites (tertiary alicyclic amines) is 1. The van der Waals surface area contributed by atoms with Crippen LogP contribution in [-0.4, -0.2) is 53.2 Å². The SMILES string of the molecule is C[C@@H](NC(=O)OCC1c2ccccc2-c2ccccc21)C(=O)N1CCC[C@H](C(=O)O)[C@@H]1C. The third-order valence-electron chi connectivity index (χ3n) is 6.64. The Morgan fingerprint density at radius 3 is 2.28 bits per heavy atom. The number of carboxylic acid groups (broad SMARTS) is 1. The van der Waals surface area contributed by atoms with Gasteiger partial charge in [-0.1, -0.05) is 48.5 Å². The van der Waals surface area contributed by atoms with Gasteiger partial charge >= 0.3 is 12.1 Å². The van der Waals surface area contributed by atoms with Crippen molar-refractivity contribution in [2.75, 3.05) is 13.2 Å². The van der Waals surface area contributed by atoms with E-state index in [2.05, 4.69) is 17.4 Å². The summed E-state index contributed by atoms with van der Waals surface area (Å²) in [6.45, 7) is 4.00. The van der Waals surface area contributed by atoms with E-state index in [0.717, 1.165) is 22.3 Å². The number of carbonyl (C=O) groups excluding carboxylic acids is 2. The van der Waals surface area contributed by atoms with Gasteiger partial charge in [-0.25, -0.2) is 4.79 Å². The molecule has 2 aromatic carbocycles. The Bertz CT molecular complexity index is 991. The molecule has 7 heteroatoms. The van der Waals surface area contributed by atoms with E-state index in [0.29, 0.717) is 19.4 Å². The molecule has 1 fully saturated rings. The van der Waals surface area contributed by atoms with E-state index in [-0.39, 0.29) is 18.4 Å². The smallest absolute Gasteiger partial charge is 0.407 e. The van der Waals surface area contributed by atoms with E-state index in [9.17, 15) is 19.5 Å². The molecule has 1 aliphatic carbocycles. The summed E-state index contributed by atoms with van der Waals surface area (Å²) in [6, 6.07) is 14.9. The normalized spacial score (nSPS) is 20.8. The second kappa shape index (κ2) is 9.02. The van der Waals surface area contributed by atoms with Crippen LogP contribution in [0.1, 0.15) is 43.7 Å². The van der Waals surface area contributed by atoms with Gasteiger partial charge in [0.15, 0.2) is 0 Å². The molecule has 1 aliphatic heterocycles. The highest BCUT2D eigenvalue weighted by molar-refractivity contribution is 5.86. The molecule has 0 bridgehead atoms. The second-order valence-electron chi connectivity index (χ2n) is 8.55. The number of nitrogens with zero attached hydrogens (tertiary/aromatic N) is 1. The summed E-state index contributed by atoms with van der Waals surface area (Å²) in [5.74, 6) is -1.84. The first-order valence-electron chi connectivity index (χ1n) is 11.0. The molecule has 2 aromatic rings. The van der Waals surface area contributed by atoms with Crippen LogP contribution in [0.25, 0.3) is 11.1 Å². The summed E-state index contributed by atoms with van der Waals surface area (Å²) in [5.41, 5.74) is 4.53. The monoisotopic (exact) mass is 436 g/mol. The number of alkyl carbamates (subject to hydrolysis) is 1. The zero-order valence-corrected chi connectivity index (χ0v) is 18.3. The van der Waals surface area contributed by atoms with Crippen molar-refractivity contribution in [2.24, 2.45) is 5.92 Å². The Morgan fingerprint density at radius 1 is 1.09 bits per heavy atom. The van der Waals surface area contributed by atoms with E-state index < -0.39 is 30.1 Å². The van der Waals surface area contributed by atoms with Gasteiger partial charge in [-0.3, -0.25) is 9.59 Å². The Balaban J connectivity index is 1.37. The molecule has 0 aromatic heterocycles. The minimum Gasteiger partial charge on any atom is -0.481 e. The maximum atomic E-state index is 12.9. The zero-order chi connectivity index (χ0) is 22.8. The highest BCUT2D eigenvalue weighted by Gasteiger charge is 2.37. The Kier molecular flexibility index (Phi) is 6.17. The highest BCUT2D eigenvalue weighted by atomic mass is 16.5. The molecule has 1 saturated heterocycles. The lowest BCUT2D eigenvalue weighted by atomic mass is 9.90. The number of amides is 2. The van der Waals surface area contributed by atoms with E-state index in [4.69, 9.17) is 4.74 Å². The summed E-state index contributed by atoms with van der Waals surface area (Å²) in [6.07, 6.45) is 0.520. The average molecular weight is 437 g/mol. The molecule has 1 heterocycles. The summed E-state index contributed by atoms with van der Waals surface area (Å²) >= 11 is 0. The largest absolute Gasteiger partial charge is 0.481 e. The van der Waals surface area contributed by atoms with E-state index in [1.807, 2.05) is 36.4 Å². The number of hydrogen-bond donors (Lipinski definition) is 2. The van der Waals surface area contributed by atoms with Crippen molar-refractivity contribution in [3.63, 3.8) is 0 Å². The fraction of sp³-hybridized carbons (Fsp3) is 0.400. The first-order valence-corrected chi connectivity index (χ1v) is 11.0. The third-order valence-corrected chi connectivity index (χ3v) is 6.64. The molecule has 4 rings (SSSR count). The number of carbonyl (C=O) groups is 3. The van der Waals surface area contributed by atoms with Crippen molar-refractivity contribution >= 4 is 18.0 Å². The molecule has 0 radical (unpaired) electrons. The molecular weight excluding hydrogens is 408 g/mol. The van der Waals surface area contributed by atoms with Gasteiger partial charge in [-0.15, -0.1) is 0 Å². The maximum absolute atomic E-state index is 12.9. The minimum absolute atomic E-state index is 0.0578. The standard InChI is InChI=1S/C25H28N2O5/c1-15(23(28)27-13-7-12-17(16(27)2)24(29)30)26-25(31)32-14-22-20-10-5-3-8-18(20)19-9-4-6-11-21(19)22/h3-6,8-11,15-17,22H,7,12-14H2,1-2H3,(H,26,31)(H,29,30)/t15-,16+,17+/m1/s1. The average Bonchev–Trinajstić information content (AvgIpc) is 3.11. The van der Waals surface area contributed by atoms with Crippen LogP contribution < -0.4 is 5.32 Å². The molecule has 0 unspecified atom stereocenters. The lowest BCUT2D eigenvalue weighted by molar-refractivity contribution is -0.149. The molecule has 168 valence electrons. The minimum atomic E-state index is -0.896. The molecule has 0 spiro atoms. The van der Waals surface area contributed by atoms with Crippen molar-refractivity contribution in [2.45, 2.75) is 44.7 Å². The molecule has 2 aliphatic rings. The second-order valence-corrected chi connectivity index (χ2v) is 8.55. The van der Waals surface area contributed by atoms with E-state index >= 15 is 0 Å². The van der Waals surface area contributed by atoms with Crippen LogP contribution in [0, 0.1) is 5.92 Å². The quantitative estimate of drug-likeness (QED) is 0.746. The number of nitrogens with one attached hydrogen (secondary N) is 1. The van der Waals surface area contributed by atoms with Gasteiger partial charge in [-0.05, 0) is 48.9 Å². The summed E-state index contributed by atoms with van der Waals surface area (Å²) in [7, 11) is 0. The topological polar surface area (TPSA) is 95.9 Å². The number of carboxylic acids is 1. The fourth-order valence-corrected chi connectivity index (χ4v) is 4.91. The lowest BCUT2D eigenvalue weighted by Crippen LogP contribution is -2.55.